The zero-order valence-electron chi connectivity index (χ0n) is 15.7. The Bertz CT molecular complexity index is 882. The number of nitrogens with one attached hydrogen (secondary N) is 1. The van der Waals surface area contributed by atoms with Gasteiger partial charge in [0.15, 0.2) is 0 Å². The standard InChI is InChI=1S/C20H24N4OS/c1-12-6-5-7-13(10-12)21-15(25)11-26-18-22-17-16(23-24-18)14-8-9-20(17,4)19(14,2)3/h5-7,10,14H,8-9,11H2,1-4H3,(H,21,25)/t14-,20-/m1/s1. The van der Waals surface area contributed by atoms with Gasteiger partial charge in [-0.2, -0.15) is 5.10 Å². The van der Waals surface area contributed by atoms with E-state index in [0.717, 1.165) is 35.5 Å². The van der Waals surface area contributed by atoms with Crippen LogP contribution < -0.4 is 5.32 Å². The van der Waals surface area contributed by atoms with Gasteiger partial charge in [0, 0.05) is 17.0 Å². The summed E-state index contributed by atoms with van der Waals surface area (Å²) in [5.41, 5.74) is 4.32. The molecular weight excluding hydrogens is 344 g/mol. The first-order chi connectivity index (χ1) is 12.3. The summed E-state index contributed by atoms with van der Waals surface area (Å²) in [6.07, 6.45) is 2.31. The zero-order chi connectivity index (χ0) is 18.5. The maximum atomic E-state index is 12.2. The molecule has 5 nitrogen and oxygen atoms in total. The minimum atomic E-state index is -0.0576. The van der Waals surface area contributed by atoms with Gasteiger partial charge in [-0.1, -0.05) is 44.7 Å². The lowest BCUT2D eigenvalue weighted by Gasteiger charge is -2.33. The van der Waals surface area contributed by atoms with Crippen LogP contribution in [0.2, 0.25) is 0 Å². The third kappa shape index (κ3) is 2.62. The zero-order valence-corrected chi connectivity index (χ0v) is 16.5. The quantitative estimate of drug-likeness (QED) is 0.824. The molecular formula is C20H24N4OS. The molecule has 2 bridgehead atoms. The fraction of sp³-hybridized carbons (Fsp3) is 0.500. The molecule has 0 aliphatic heterocycles. The van der Waals surface area contributed by atoms with Crippen molar-refractivity contribution in [1.82, 2.24) is 15.2 Å². The van der Waals surface area contributed by atoms with Crippen molar-refractivity contribution in [3.63, 3.8) is 0 Å². The van der Waals surface area contributed by atoms with E-state index in [-0.39, 0.29) is 22.5 Å². The van der Waals surface area contributed by atoms with Crippen LogP contribution in [0.4, 0.5) is 5.69 Å². The number of hydrogen-bond donors (Lipinski definition) is 1. The fourth-order valence-corrected chi connectivity index (χ4v) is 5.06. The van der Waals surface area contributed by atoms with Crippen molar-refractivity contribution >= 4 is 23.4 Å². The van der Waals surface area contributed by atoms with Gasteiger partial charge >= 0.3 is 0 Å². The summed E-state index contributed by atoms with van der Waals surface area (Å²) in [6, 6.07) is 7.78. The molecule has 1 N–H and O–H groups in total. The van der Waals surface area contributed by atoms with Crippen molar-refractivity contribution in [1.29, 1.82) is 0 Å². The number of carbonyl (C=O) groups is 1. The SMILES string of the molecule is Cc1cccc(NC(=O)CSc2nnc3c(n2)[C@@]2(C)CC[C@H]3C2(C)C)c1. The highest BCUT2D eigenvalue weighted by Gasteiger charge is 2.61. The Morgan fingerprint density at radius 2 is 2.12 bits per heavy atom. The summed E-state index contributed by atoms with van der Waals surface area (Å²) < 4.78 is 0. The van der Waals surface area contributed by atoms with Crippen LogP contribution >= 0.6 is 11.8 Å². The number of thioether (sulfide) groups is 1. The predicted molar refractivity (Wildman–Crippen MR) is 103 cm³/mol. The third-order valence-corrected chi connectivity index (χ3v) is 7.24. The number of benzene rings is 1. The molecule has 1 saturated carbocycles. The van der Waals surface area contributed by atoms with Crippen molar-refractivity contribution in [2.45, 2.75) is 57.0 Å². The van der Waals surface area contributed by atoms with Gasteiger partial charge in [-0.3, -0.25) is 4.79 Å². The molecule has 1 fully saturated rings. The van der Waals surface area contributed by atoms with Crippen LogP contribution in [0.1, 0.15) is 56.5 Å². The first-order valence-corrected chi connectivity index (χ1v) is 10.0. The summed E-state index contributed by atoms with van der Waals surface area (Å²) in [6.45, 7) is 8.93. The van der Waals surface area contributed by atoms with E-state index in [1.54, 1.807) is 0 Å². The van der Waals surface area contributed by atoms with E-state index in [4.69, 9.17) is 4.98 Å². The molecule has 6 heteroatoms. The van der Waals surface area contributed by atoms with E-state index in [0.29, 0.717) is 11.1 Å². The minimum absolute atomic E-state index is 0.0576. The van der Waals surface area contributed by atoms with Gasteiger partial charge in [0.05, 0.1) is 17.1 Å². The lowest BCUT2D eigenvalue weighted by Crippen LogP contribution is -2.32. The van der Waals surface area contributed by atoms with Crippen molar-refractivity contribution in [3.8, 4) is 0 Å². The Balaban J connectivity index is 1.46. The number of amides is 1. The summed E-state index contributed by atoms with van der Waals surface area (Å²) in [5, 5.41) is 12.3. The van der Waals surface area contributed by atoms with Gasteiger partial charge in [-0.15, -0.1) is 5.10 Å². The largest absolute Gasteiger partial charge is 0.325 e. The molecule has 4 rings (SSSR count). The van der Waals surface area contributed by atoms with E-state index in [9.17, 15) is 4.79 Å². The number of carbonyl (C=O) groups excluding carboxylic acids is 1. The second-order valence-corrected chi connectivity index (χ2v) is 9.12. The summed E-state index contributed by atoms with van der Waals surface area (Å²) in [5.74, 6) is 0.668. The maximum absolute atomic E-state index is 12.2. The molecule has 2 aromatic rings. The van der Waals surface area contributed by atoms with E-state index in [1.165, 1.54) is 11.8 Å². The van der Waals surface area contributed by atoms with E-state index in [1.807, 2.05) is 31.2 Å². The van der Waals surface area contributed by atoms with Gasteiger partial charge in [0.2, 0.25) is 11.1 Å². The molecule has 2 aliphatic rings. The molecule has 2 aliphatic carbocycles. The molecule has 0 unspecified atom stereocenters. The summed E-state index contributed by atoms with van der Waals surface area (Å²) >= 11 is 1.35. The van der Waals surface area contributed by atoms with Gasteiger partial charge in [-0.25, -0.2) is 4.98 Å². The highest BCUT2D eigenvalue weighted by molar-refractivity contribution is 7.99. The molecule has 0 spiro atoms. The highest BCUT2D eigenvalue weighted by atomic mass is 32.2. The summed E-state index contributed by atoms with van der Waals surface area (Å²) in [4.78, 5) is 17.0. The Morgan fingerprint density at radius 1 is 1.31 bits per heavy atom. The van der Waals surface area contributed by atoms with Gasteiger partial charge < -0.3 is 5.32 Å². The van der Waals surface area contributed by atoms with Crippen molar-refractivity contribution < 1.29 is 4.79 Å². The number of rotatable bonds is 4. The topological polar surface area (TPSA) is 67.8 Å². The smallest absolute Gasteiger partial charge is 0.234 e. The fourth-order valence-electron chi connectivity index (χ4n) is 4.47. The molecule has 1 aromatic carbocycles. The maximum Gasteiger partial charge on any atom is 0.234 e. The van der Waals surface area contributed by atoms with Crippen LogP contribution in [0, 0.1) is 12.3 Å². The number of hydrogen-bond acceptors (Lipinski definition) is 5. The Hall–Kier alpha value is -1.95. The predicted octanol–water partition coefficient (Wildman–Crippen LogP) is 4.09. The number of aromatic nitrogens is 3. The van der Waals surface area contributed by atoms with Crippen LogP contribution in [0.5, 0.6) is 0 Å². The highest BCUT2D eigenvalue weighted by Crippen LogP contribution is 2.66. The lowest BCUT2D eigenvalue weighted by atomic mass is 9.70. The molecule has 1 heterocycles. The minimum Gasteiger partial charge on any atom is -0.325 e. The Kier molecular flexibility index (Phi) is 4.06. The first-order valence-electron chi connectivity index (χ1n) is 9.06. The number of anilines is 1. The van der Waals surface area contributed by atoms with Crippen molar-refractivity contribution in [2.75, 3.05) is 11.1 Å². The molecule has 1 aromatic heterocycles. The molecule has 136 valence electrons. The Morgan fingerprint density at radius 3 is 2.88 bits per heavy atom. The van der Waals surface area contributed by atoms with Crippen LogP contribution in [0.3, 0.4) is 0 Å². The van der Waals surface area contributed by atoms with E-state index < -0.39 is 0 Å². The average molecular weight is 369 g/mol. The average Bonchev–Trinajstić information content (AvgIpc) is 2.92. The normalized spacial score (nSPS) is 25.2. The van der Waals surface area contributed by atoms with Crippen LogP contribution in [-0.4, -0.2) is 26.8 Å². The molecule has 0 radical (unpaired) electrons. The molecule has 26 heavy (non-hydrogen) atoms. The third-order valence-electron chi connectivity index (χ3n) is 6.41. The van der Waals surface area contributed by atoms with E-state index in [2.05, 4.69) is 36.3 Å². The molecule has 2 atom stereocenters. The number of aryl methyl sites for hydroxylation is 1. The van der Waals surface area contributed by atoms with Gasteiger partial charge in [0.1, 0.15) is 0 Å². The number of nitrogens with zero attached hydrogens (tertiary/aromatic N) is 3. The molecule has 0 saturated heterocycles. The van der Waals surface area contributed by atoms with Crippen molar-refractivity contribution in [2.24, 2.45) is 5.41 Å². The second-order valence-electron chi connectivity index (χ2n) is 8.18. The second kappa shape index (κ2) is 6.05. The van der Waals surface area contributed by atoms with Crippen LogP contribution in [0.15, 0.2) is 29.4 Å². The number of fused-ring (bicyclic) bond motifs is 5. The monoisotopic (exact) mass is 368 g/mol. The Labute approximate surface area is 158 Å². The van der Waals surface area contributed by atoms with Gasteiger partial charge in [0.25, 0.3) is 0 Å². The molecule has 1 amide bonds. The van der Waals surface area contributed by atoms with Crippen LogP contribution in [0.25, 0.3) is 0 Å². The van der Waals surface area contributed by atoms with Crippen molar-refractivity contribution in [3.05, 3.63) is 41.2 Å². The first kappa shape index (κ1) is 17.5. The van der Waals surface area contributed by atoms with Crippen LogP contribution in [-0.2, 0) is 10.2 Å². The van der Waals surface area contributed by atoms with E-state index >= 15 is 0 Å². The lowest BCUT2D eigenvalue weighted by molar-refractivity contribution is -0.113. The summed E-state index contributed by atoms with van der Waals surface area (Å²) in [7, 11) is 0. The van der Waals surface area contributed by atoms with Gasteiger partial charge in [-0.05, 0) is 42.9 Å².